The Hall–Kier alpha value is -2.12. The van der Waals surface area contributed by atoms with Crippen molar-refractivity contribution in [2.75, 3.05) is 0 Å². The Bertz CT molecular complexity index is 690. The second-order valence-electron chi connectivity index (χ2n) is 6.77. The first-order chi connectivity index (χ1) is 12.7. The van der Waals surface area contributed by atoms with Crippen molar-refractivity contribution in [2.24, 2.45) is 0 Å². The molecule has 8 nitrogen and oxygen atoms in total. The summed E-state index contributed by atoms with van der Waals surface area (Å²) in [6.07, 6.45) is 10.4. The number of nitrogens with one attached hydrogen (secondary N) is 2. The fraction of sp³-hybridized carbons (Fsp3) is 0.778. The quantitative estimate of drug-likeness (QED) is 0.412. The standard InChI is InChI=1S/C18H32N6O2/c1-3-5-7-9-13-23-15(17(19)25-21-23)11-12-16-18(20)26-22-24(16)14-10-8-6-4-2/h19-20H,3-14H2,1-2H3. The Morgan fingerprint density at radius 2 is 1.12 bits per heavy atom. The minimum atomic E-state index is 0.109. The Balaban J connectivity index is 1.96. The van der Waals surface area contributed by atoms with Crippen molar-refractivity contribution < 1.29 is 18.4 Å². The van der Waals surface area contributed by atoms with Crippen LogP contribution in [-0.2, 0) is 25.9 Å². The van der Waals surface area contributed by atoms with Crippen LogP contribution >= 0.6 is 0 Å². The van der Waals surface area contributed by atoms with Crippen molar-refractivity contribution in [3.8, 4) is 0 Å². The molecule has 2 aromatic heterocycles. The summed E-state index contributed by atoms with van der Waals surface area (Å²) in [5.74, 6) is 0. The lowest BCUT2D eigenvalue weighted by molar-refractivity contribution is -0.777. The van der Waals surface area contributed by atoms with Crippen LogP contribution in [-0.4, -0.2) is 0 Å². The maximum atomic E-state index is 7.96. The van der Waals surface area contributed by atoms with Crippen molar-refractivity contribution in [2.45, 2.75) is 91.1 Å². The van der Waals surface area contributed by atoms with Crippen LogP contribution in [0.4, 0.5) is 0 Å². The summed E-state index contributed by atoms with van der Waals surface area (Å²) in [4.78, 5) is 0. The molecule has 0 aliphatic rings. The minimum Gasteiger partial charge on any atom is -0.487 e. The molecule has 26 heavy (non-hydrogen) atoms. The lowest BCUT2D eigenvalue weighted by atomic mass is 10.1. The van der Waals surface area contributed by atoms with Gasteiger partial charge in [0.15, 0.2) is 0 Å². The van der Waals surface area contributed by atoms with Gasteiger partial charge >= 0.3 is 0 Å². The SMILES string of the molecule is CCCCCC[n+]1[n-]oc(=N)c1CCc1c(=N)o[n-][n+]1CCCCCC. The lowest BCUT2D eigenvalue weighted by Crippen LogP contribution is -2.45. The number of nitrogens with zero attached hydrogens (tertiary/aromatic N) is 4. The molecule has 0 saturated heterocycles. The summed E-state index contributed by atoms with van der Waals surface area (Å²) >= 11 is 0. The summed E-state index contributed by atoms with van der Waals surface area (Å²) in [7, 11) is 0. The molecule has 0 amide bonds. The highest BCUT2D eigenvalue weighted by molar-refractivity contribution is 4.89. The largest absolute Gasteiger partial charge is 0.487 e. The van der Waals surface area contributed by atoms with Crippen LogP contribution in [0.1, 0.15) is 76.6 Å². The average molecular weight is 364 g/mol. The van der Waals surface area contributed by atoms with E-state index in [-0.39, 0.29) is 11.1 Å². The third kappa shape index (κ3) is 5.71. The van der Waals surface area contributed by atoms with Crippen LogP contribution in [0.5, 0.6) is 0 Å². The first kappa shape index (κ1) is 20.2. The number of aryl methyl sites for hydroxylation is 2. The highest BCUT2D eigenvalue weighted by Gasteiger charge is 2.18. The molecule has 0 saturated carbocycles. The van der Waals surface area contributed by atoms with Gasteiger partial charge in [0.25, 0.3) is 11.1 Å². The zero-order chi connectivity index (χ0) is 18.8. The van der Waals surface area contributed by atoms with E-state index in [0.29, 0.717) is 12.8 Å². The van der Waals surface area contributed by atoms with Crippen molar-refractivity contribution in [3.05, 3.63) is 22.5 Å². The first-order valence-electron chi connectivity index (χ1n) is 9.87. The normalized spacial score (nSPS) is 11.3. The van der Waals surface area contributed by atoms with E-state index < -0.39 is 0 Å². The van der Waals surface area contributed by atoms with Gasteiger partial charge in [-0.3, -0.25) is 21.4 Å². The molecule has 0 spiro atoms. The lowest BCUT2D eigenvalue weighted by Gasteiger charge is -2.03. The summed E-state index contributed by atoms with van der Waals surface area (Å²) in [6, 6.07) is 0. The van der Waals surface area contributed by atoms with Gasteiger partial charge in [0.2, 0.25) is 11.4 Å². The zero-order valence-electron chi connectivity index (χ0n) is 16.1. The molecule has 0 aromatic carbocycles. The van der Waals surface area contributed by atoms with Crippen LogP contribution in [0.25, 0.3) is 0 Å². The van der Waals surface area contributed by atoms with Gasteiger partial charge in [0.05, 0.1) is 0 Å². The van der Waals surface area contributed by atoms with Gasteiger partial charge in [-0.05, 0) is 12.8 Å². The Kier molecular flexibility index (Phi) is 8.37. The van der Waals surface area contributed by atoms with Crippen LogP contribution in [0.3, 0.4) is 0 Å². The minimum absolute atomic E-state index is 0.109. The van der Waals surface area contributed by atoms with E-state index in [0.717, 1.165) is 50.2 Å². The third-order valence-corrected chi connectivity index (χ3v) is 4.65. The van der Waals surface area contributed by atoms with Crippen LogP contribution in [0.2, 0.25) is 0 Å². The number of aromatic nitrogens is 4. The number of unbranched alkanes of at least 4 members (excludes halogenated alkanes) is 6. The second kappa shape index (κ2) is 10.8. The van der Waals surface area contributed by atoms with Gasteiger partial charge in [-0.15, -0.1) is 0 Å². The molecule has 0 radical (unpaired) electrons. The predicted octanol–water partition coefficient (Wildman–Crippen LogP) is 1.27. The summed E-state index contributed by atoms with van der Waals surface area (Å²) in [5, 5.41) is 23.9. The number of hydrogen-bond acceptors (Lipinski definition) is 4. The van der Waals surface area contributed by atoms with Gasteiger partial charge in [-0.2, -0.15) is 0 Å². The fourth-order valence-electron chi connectivity index (χ4n) is 3.07. The molecule has 0 aliphatic heterocycles. The van der Waals surface area contributed by atoms with E-state index in [1.54, 1.807) is 9.36 Å². The van der Waals surface area contributed by atoms with E-state index in [9.17, 15) is 0 Å². The smallest absolute Gasteiger partial charge is 0.268 e. The molecular formula is C18H32N6O2. The molecular weight excluding hydrogens is 332 g/mol. The molecule has 2 rings (SSSR count). The molecule has 2 aromatic rings. The third-order valence-electron chi connectivity index (χ3n) is 4.65. The number of hydrogen-bond donors (Lipinski definition) is 2. The van der Waals surface area contributed by atoms with Crippen molar-refractivity contribution in [3.63, 3.8) is 0 Å². The van der Waals surface area contributed by atoms with Gasteiger partial charge < -0.3 is 9.05 Å². The molecule has 2 N–H and O–H groups in total. The summed E-state index contributed by atoms with van der Waals surface area (Å²) < 4.78 is 13.7. The van der Waals surface area contributed by atoms with E-state index in [4.69, 9.17) is 19.9 Å². The Morgan fingerprint density at radius 1 is 0.692 bits per heavy atom. The van der Waals surface area contributed by atoms with E-state index in [2.05, 4.69) is 24.4 Å². The number of rotatable bonds is 13. The molecule has 0 bridgehead atoms. The van der Waals surface area contributed by atoms with Gasteiger partial charge in [-0.1, -0.05) is 39.5 Å². The molecule has 0 aliphatic carbocycles. The molecule has 0 fully saturated rings. The summed E-state index contributed by atoms with van der Waals surface area (Å²) in [5.41, 5.74) is 1.77. The van der Waals surface area contributed by atoms with E-state index in [1.807, 2.05) is 0 Å². The zero-order valence-corrected chi connectivity index (χ0v) is 16.1. The second-order valence-corrected chi connectivity index (χ2v) is 6.77. The van der Waals surface area contributed by atoms with Gasteiger partial charge in [-0.25, -0.2) is 9.36 Å². The van der Waals surface area contributed by atoms with Crippen molar-refractivity contribution in [1.82, 2.24) is 10.5 Å². The topological polar surface area (TPSA) is 110 Å². The van der Waals surface area contributed by atoms with E-state index in [1.165, 1.54) is 25.7 Å². The first-order valence-corrected chi connectivity index (χ1v) is 9.87. The molecule has 146 valence electrons. The maximum absolute atomic E-state index is 7.96. The average Bonchev–Trinajstić information content (AvgIpc) is 3.16. The van der Waals surface area contributed by atoms with Gasteiger partial charge in [0, 0.05) is 25.7 Å². The maximum Gasteiger partial charge on any atom is 0.268 e. The van der Waals surface area contributed by atoms with Crippen molar-refractivity contribution >= 4 is 0 Å². The molecule has 0 atom stereocenters. The molecule has 2 heterocycles. The highest BCUT2D eigenvalue weighted by Crippen LogP contribution is 2.00. The van der Waals surface area contributed by atoms with Crippen LogP contribution < -0.4 is 31.0 Å². The molecule has 8 heteroatoms. The van der Waals surface area contributed by atoms with Crippen LogP contribution in [0, 0.1) is 10.8 Å². The summed E-state index contributed by atoms with van der Waals surface area (Å²) in [6.45, 7) is 5.91. The van der Waals surface area contributed by atoms with Crippen LogP contribution in [0.15, 0.2) is 9.05 Å². The van der Waals surface area contributed by atoms with Crippen molar-refractivity contribution in [1.29, 1.82) is 10.8 Å². The monoisotopic (exact) mass is 364 g/mol. The fourth-order valence-corrected chi connectivity index (χ4v) is 3.07. The highest BCUT2D eigenvalue weighted by atomic mass is 16.5. The molecule has 0 unspecified atom stereocenters. The Labute approximate surface area is 154 Å². The predicted molar refractivity (Wildman–Crippen MR) is 91.8 cm³/mol. The van der Waals surface area contributed by atoms with Gasteiger partial charge in [0.1, 0.15) is 13.1 Å². The van der Waals surface area contributed by atoms with E-state index >= 15 is 0 Å². The Morgan fingerprint density at radius 3 is 1.50 bits per heavy atom.